The van der Waals surface area contributed by atoms with Crippen LogP contribution in [0.2, 0.25) is 0 Å². The van der Waals surface area contributed by atoms with Gasteiger partial charge in [-0.25, -0.2) is 0 Å². The van der Waals surface area contributed by atoms with Crippen molar-refractivity contribution in [3.63, 3.8) is 0 Å². The van der Waals surface area contributed by atoms with E-state index >= 15 is 0 Å². The number of rotatable bonds is 1. The predicted molar refractivity (Wildman–Crippen MR) is 45.9 cm³/mol. The Kier molecular flexibility index (Phi) is 2.18. The van der Waals surface area contributed by atoms with Gasteiger partial charge in [0.15, 0.2) is 0 Å². The quantitative estimate of drug-likeness (QED) is 0.488. The molecule has 0 nitrogen and oxygen atoms in total. The highest BCUT2D eigenvalue weighted by Crippen LogP contribution is 2.33. The normalized spacial score (nSPS) is 33.1. The van der Waals surface area contributed by atoms with E-state index in [1.165, 1.54) is 6.42 Å². The maximum Gasteiger partial charge on any atom is -0.0202 e. The molecule has 0 heterocycles. The maximum absolute atomic E-state index is 2.45. The van der Waals surface area contributed by atoms with Crippen molar-refractivity contribution in [1.29, 1.82) is 0 Å². The molecule has 0 heteroatoms. The number of hydrogen-bond donors (Lipinski definition) is 0. The van der Waals surface area contributed by atoms with Crippen LogP contribution in [0.15, 0.2) is 11.6 Å². The lowest BCUT2D eigenvalue weighted by Crippen LogP contribution is -2.03. The third-order valence-corrected chi connectivity index (χ3v) is 2.74. The van der Waals surface area contributed by atoms with E-state index in [1.807, 2.05) is 0 Å². The van der Waals surface area contributed by atoms with Gasteiger partial charge in [0.25, 0.3) is 0 Å². The zero-order chi connectivity index (χ0) is 7.72. The van der Waals surface area contributed by atoms with Crippen LogP contribution in [0.1, 0.15) is 34.1 Å². The molecule has 0 bridgehead atoms. The van der Waals surface area contributed by atoms with E-state index in [0.717, 1.165) is 17.8 Å². The van der Waals surface area contributed by atoms with Crippen LogP contribution in [0.5, 0.6) is 0 Å². The van der Waals surface area contributed by atoms with Crippen LogP contribution in [-0.2, 0) is 0 Å². The Morgan fingerprint density at radius 3 is 2.30 bits per heavy atom. The molecule has 0 aromatic rings. The molecule has 0 spiro atoms. The van der Waals surface area contributed by atoms with Crippen LogP contribution in [-0.4, -0.2) is 0 Å². The number of hydrogen-bond acceptors (Lipinski definition) is 0. The van der Waals surface area contributed by atoms with Crippen molar-refractivity contribution in [2.24, 2.45) is 17.8 Å². The highest BCUT2D eigenvalue weighted by atomic mass is 14.3. The summed E-state index contributed by atoms with van der Waals surface area (Å²) in [4.78, 5) is 0. The Bertz CT molecular complexity index is 142. The first kappa shape index (κ1) is 7.84. The molecule has 0 amide bonds. The predicted octanol–water partition coefficient (Wildman–Crippen LogP) is 3.24. The van der Waals surface area contributed by atoms with Crippen molar-refractivity contribution in [1.82, 2.24) is 0 Å². The van der Waals surface area contributed by atoms with Gasteiger partial charge < -0.3 is 0 Å². The minimum Gasteiger partial charge on any atom is -0.0819 e. The smallest absolute Gasteiger partial charge is 0.0202 e. The molecule has 2 unspecified atom stereocenters. The fourth-order valence-electron chi connectivity index (χ4n) is 1.63. The highest BCUT2D eigenvalue weighted by Gasteiger charge is 2.21. The lowest BCUT2D eigenvalue weighted by atomic mass is 9.93. The average molecular weight is 138 g/mol. The zero-order valence-corrected chi connectivity index (χ0v) is 7.52. The second-order valence-electron chi connectivity index (χ2n) is 3.96. The van der Waals surface area contributed by atoms with Crippen molar-refractivity contribution in [2.75, 3.05) is 0 Å². The molecule has 1 aliphatic carbocycles. The summed E-state index contributed by atoms with van der Waals surface area (Å²) in [5, 5.41) is 0. The lowest BCUT2D eigenvalue weighted by molar-refractivity contribution is 0.423. The van der Waals surface area contributed by atoms with Crippen molar-refractivity contribution in [2.45, 2.75) is 34.1 Å². The molecule has 0 saturated carbocycles. The summed E-state index contributed by atoms with van der Waals surface area (Å²) in [6.07, 6.45) is 3.83. The van der Waals surface area contributed by atoms with E-state index in [1.54, 1.807) is 5.57 Å². The van der Waals surface area contributed by atoms with Gasteiger partial charge in [0.05, 0.1) is 0 Å². The van der Waals surface area contributed by atoms with E-state index in [-0.39, 0.29) is 0 Å². The van der Waals surface area contributed by atoms with Gasteiger partial charge in [-0.05, 0) is 31.1 Å². The molecular formula is C10H18. The number of allylic oxidation sites excluding steroid dienone is 2. The van der Waals surface area contributed by atoms with E-state index in [0.29, 0.717) is 0 Å². The molecule has 0 aromatic heterocycles. The minimum atomic E-state index is 0.833. The van der Waals surface area contributed by atoms with E-state index in [2.05, 4.69) is 33.8 Å². The third-order valence-electron chi connectivity index (χ3n) is 2.74. The molecule has 0 radical (unpaired) electrons. The molecule has 1 rings (SSSR count). The molecule has 0 saturated heterocycles. The van der Waals surface area contributed by atoms with Gasteiger partial charge in [-0.1, -0.05) is 32.4 Å². The SMILES string of the molecule is CC1=CC(C(C)C)CC1C. The highest BCUT2D eigenvalue weighted by molar-refractivity contribution is 5.12. The first-order chi connectivity index (χ1) is 4.61. The molecule has 0 aromatic carbocycles. The van der Waals surface area contributed by atoms with Crippen molar-refractivity contribution in [3.8, 4) is 0 Å². The molecule has 1 aliphatic rings. The summed E-state index contributed by atoms with van der Waals surface area (Å²) >= 11 is 0. The molecule has 0 N–H and O–H groups in total. The van der Waals surface area contributed by atoms with Crippen LogP contribution >= 0.6 is 0 Å². The molecule has 2 atom stereocenters. The molecule has 10 heavy (non-hydrogen) atoms. The summed E-state index contributed by atoms with van der Waals surface area (Å²) in [5.74, 6) is 2.53. The monoisotopic (exact) mass is 138 g/mol. The third kappa shape index (κ3) is 1.42. The first-order valence-corrected chi connectivity index (χ1v) is 4.29. The molecule has 58 valence electrons. The van der Waals surface area contributed by atoms with Crippen LogP contribution in [0.4, 0.5) is 0 Å². The van der Waals surface area contributed by atoms with E-state index in [9.17, 15) is 0 Å². The average Bonchev–Trinajstić information content (AvgIpc) is 2.13. The summed E-state index contributed by atoms with van der Waals surface area (Å²) in [7, 11) is 0. The van der Waals surface area contributed by atoms with Crippen LogP contribution in [0.25, 0.3) is 0 Å². The second-order valence-corrected chi connectivity index (χ2v) is 3.96. The molecular weight excluding hydrogens is 120 g/mol. The maximum atomic E-state index is 2.45. The molecule has 0 aliphatic heterocycles. The van der Waals surface area contributed by atoms with Gasteiger partial charge in [-0.15, -0.1) is 0 Å². The topological polar surface area (TPSA) is 0 Å². The van der Waals surface area contributed by atoms with Crippen LogP contribution in [0.3, 0.4) is 0 Å². The van der Waals surface area contributed by atoms with E-state index < -0.39 is 0 Å². The van der Waals surface area contributed by atoms with Gasteiger partial charge in [-0.2, -0.15) is 0 Å². The summed E-state index contributed by atoms with van der Waals surface area (Å²) in [6.45, 7) is 9.21. The largest absolute Gasteiger partial charge is 0.0819 e. The minimum absolute atomic E-state index is 0.833. The van der Waals surface area contributed by atoms with Gasteiger partial charge in [-0.3, -0.25) is 0 Å². The fraction of sp³-hybridized carbons (Fsp3) is 0.800. The van der Waals surface area contributed by atoms with Gasteiger partial charge in [0, 0.05) is 0 Å². The summed E-state index contributed by atoms with van der Waals surface area (Å²) < 4.78 is 0. The van der Waals surface area contributed by atoms with Crippen LogP contribution < -0.4 is 0 Å². The fourth-order valence-corrected chi connectivity index (χ4v) is 1.63. The summed E-state index contributed by atoms with van der Waals surface area (Å²) in [6, 6.07) is 0. The van der Waals surface area contributed by atoms with Gasteiger partial charge in [0.2, 0.25) is 0 Å². The second kappa shape index (κ2) is 2.77. The standard InChI is InChI=1S/C10H18/c1-7(2)10-5-8(3)9(4)6-10/h5,7,9-10H,6H2,1-4H3. The Hall–Kier alpha value is -0.260. The zero-order valence-electron chi connectivity index (χ0n) is 7.52. The lowest BCUT2D eigenvalue weighted by Gasteiger charge is -2.12. The Morgan fingerprint density at radius 2 is 2.10 bits per heavy atom. The molecule has 0 fully saturated rings. The van der Waals surface area contributed by atoms with Crippen molar-refractivity contribution in [3.05, 3.63) is 11.6 Å². The van der Waals surface area contributed by atoms with Crippen LogP contribution in [0, 0.1) is 17.8 Å². The van der Waals surface area contributed by atoms with Crippen molar-refractivity contribution < 1.29 is 0 Å². The summed E-state index contributed by atoms with van der Waals surface area (Å²) in [5.41, 5.74) is 1.60. The van der Waals surface area contributed by atoms with E-state index in [4.69, 9.17) is 0 Å². The van der Waals surface area contributed by atoms with Crippen molar-refractivity contribution >= 4 is 0 Å². The Labute approximate surface area is 64.3 Å². The Balaban J connectivity index is 2.56. The van der Waals surface area contributed by atoms with Gasteiger partial charge >= 0.3 is 0 Å². The van der Waals surface area contributed by atoms with Gasteiger partial charge in [0.1, 0.15) is 0 Å². The Morgan fingerprint density at radius 1 is 1.50 bits per heavy atom. The first-order valence-electron chi connectivity index (χ1n) is 4.29.